The summed E-state index contributed by atoms with van der Waals surface area (Å²) in [7, 11) is 1.70. The van der Waals surface area contributed by atoms with Gasteiger partial charge in [-0.05, 0) is 25.0 Å². The van der Waals surface area contributed by atoms with Crippen molar-refractivity contribution in [1.82, 2.24) is 14.7 Å². The number of benzene rings is 1. The first-order chi connectivity index (χ1) is 14.4. The Bertz CT molecular complexity index is 977. The van der Waals surface area contributed by atoms with Crippen LogP contribution in [0.2, 0.25) is 5.02 Å². The molecule has 1 N–H and O–H groups in total. The number of nitrogens with zero attached hydrogens (tertiary/aromatic N) is 4. The van der Waals surface area contributed by atoms with E-state index < -0.39 is 0 Å². The molecule has 1 aromatic rings. The van der Waals surface area contributed by atoms with Crippen molar-refractivity contribution in [3.63, 3.8) is 0 Å². The molecule has 0 spiro atoms. The predicted molar refractivity (Wildman–Crippen MR) is 117 cm³/mol. The van der Waals surface area contributed by atoms with Gasteiger partial charge in [-0.2, -0.15) is 0 Å². The van der Waals surface area contributed by atoms with Crippen LogP contribution in [-0.4, -0.2) is 75.9 Å². The van der Waals surface area contributed by atoms with Crippen LogP contribution in [0.15, 0.2) is 57.9 Å². The fourth-order valence-electron chi connectivity index (χ4n) is 3.98. The smallest absolute Gasteiger partial charge is 0.274 e. The van der Waals surface area contributed by atoms with Gasteiger partial charge in [0.2, 0.25) is 5.91 Å². The first-order valence-corrected chi connectivity index (χ1v) is 11.2. The molecule has 3 heterocycles. The van der Waals surface area contributed by atoms with Crippen molar-refractivity contribution >= 4 is 41.0 Å². The first kappa shape index (κ1) is 20.8. The molecule has 0 bridgehead atoms. The van der Waals surface area contributed by atoms with E-state index in [0.717, 1.165) is 17.7 Å². The summed E-state index contributed by atoms with van der Waals surface area (Å²) in [6.45, 7) is 5.47. The van der Waals surface area contributed by atoms with Crippen LogP contribution in [0.25, 0.3) is 0 Å². The van der Waals surface area contributed by atoms with Crippen LogP contribution in [0.1, 0.15) is 12.8 Å². The van der Waals surface area contributed by atoms with E-state index in [0.29, 0.717) is 30.5 Å². The molecule has 4 rings (SSSR count). The number of hydrogen-bond acceptors (Lipinski definition) is 6. The molecular weight excluding hydrogens is 424 g/mol. The van der Waals surface area contributed by atoms with Gasteiger partial charge >= 0.3 is 0 Å². The summed E-state index contributed by atoms with van der Waals surface area (Å²) in [4.78, 5) is 36.2. The molecule has 7 nitrogen and oxygen atoms in total. The zero-order valence-corrected chi connectivity index (χ0v) is 18.2. The number of rotatable bonds is 4. The zero-order valence-electron chi connectivity index (χ0n) is 16.7. The van der Waals surface area contributed by atoms with Crippen LogP contribution in [0.5, 0.6) is 0 Å². The maximum Gasteiger partial charge on any atom is 0.274 e. The minimum Gasteiger partial charge on any atom is -0.504 e. The molecule has 2 saturated heterocycles. The van der Waals surface area contributed by atoms with Crippen molar-refractivity contribution in [2.75, 3.05) is 32.4 Å². The van der Waals surface area contributed by atoms with Gasteiger partial charge in [-0.3, -0.25) is 9.59 Å². The van der Waals surface area contributed by atoms with E-state index in [4.69, 9.17) is 11.6 Å². The molecule has 158 valence electrons. The van der Waals surface area contributed by atoms with Crippen molar-refractivity contribution in [2.24, 2.45) is 4.99 Å². The normalized spacial score (nSPS) is 21.9. The molecule has 0 radical (unpaired) electrons. The van der Waals surface area contributed by atoms with Gasteiger partial charge in [-0.25, -0.2) is 4.99 Å². The van der Waals surface area contributed by atoms with Crippen molar-refractivity contribution in [3.8, 4) is 0 Å². The maximum absolute atomic E-state index is 13.0. The predicted octanol–water partition coefficient (Wildman–Crippen LogP) is 2.89. The Hall–Kier alpha value is -2.45. The van der Waals surface area contributed by atoms with Crippen molar-refractivity contribution in [1.29, 1.82) is 0 Å². The van der Waals surface area contributed by atoms with Gasteiger partial charge in [-0.1, -0.05) is 30.3 Å². The van der Waals surface area contributed by atoms with Crippen LogP contribution in [-0.2, 0) is 9.59 Å². The number of thioether (sulfide) groups is 1. The molecule has 1 aromatic carbocycles. The number of hydrogen-bond donors (Lipinski definition) is 1. The summed E-state index contributed by atoms with van der Waals surface area (Å²) < 4.78 is 0. The van der Waals surface area contributed by atoms with E-state index in [1.807, 2.05) is 23.1 Å². The summed E-state index contributed by atoms with van der Waals surface area (Å²) in [6, 6.07) is 7.20. The van der Waals surface area contributed by atoms with E-state index >= 15 is 0 Å². The molecule has 9 heteroatoms. The largest absolute Gasteiger partial charge is 0.504 e. The van der Waals surface area contributed by atoms with Crippen LogP contribution >= 0.6 is 23.4 Å². The average Bonchev–Trinajstić information content (AvgIpc) is 3.22. The Morgan fingerprint density at radius 3 is 2.87 bits per heavy atom. The quantitative estimate of drug-likeness (QED) is 0.719. The maximum atomic E-state index is 13.0. The second-order valence-electron chi connectivity index (χ2n) is 7.46. The van der Waals surface area contributed by atoms with Crippen LogP contribution in [0, 0.1) is 0 Å². The summed E-state index contributed by atoms with van der Waals surface area (Å²) in [5, 5.41) is 11.0. The third-order valence-electron chi connectivity index (χ3n) is 5.56. The summed E-state index contributed by atoms with van der Waals surface area (Å²) in [5.74, 6) is 0.418. The average molecular weight is 447 g/mol. The number of aliphatic imine (C=N–C) groups is 1. The molecule has 2 amide bonds. The van der Waals surface area contributed by atoms with E-state index in [-0.39, 0.29) is 40.8 Å². The second-order valence-corrected chi connectivity index (χ2v) is 8.88. The van der Waals surface area contributed by atoms with Gasteiger partial charge in [0.15, 0.2) is 11.5 Å². The molecule has 3 aliphatic rings. The number of halogens is 1. The zero-order chi connectivity index (χ0) is 21.4. The molecule has 0 aliphatic carbocycles. The monoisotopic (exact) mass is 446 g/mol. The Labute approximate surface area is 184 Å². The fourth-order valence-corrected chi connectivity index (χ4v) is 5.10. The fraction of sp³-hybridized carbons (Fsp3) is 0.381. The Morgan fingerprint density at radius 1 is 1.33 bits per heavy atom. The first-order valence-electron chi connectivity index (χ1n) is 9.79. The van der Waals surface area contributed by atoms with Gasteiger partial charge < -0.3 is 19.8 Å². The molecule has 1 unspecified atom stereocenters. The van der Waals surface area contributed by atoms with Crippen molar-refractivity contribution in [3.05, 3.63) is 53.0 Å². The number of carbonyl (C=O) groups excluding carboxylic acids is 2. The molecular formula is C21H23ClN4O3S. The SMILES string of the molecule is C=C1N=C(C2CCCN2C(=O)CSc2ccccc2Cl)N2CCN(C)C(=O)C2=C1O. The number of carbonyl (C=O) groups is 2. The van der Waals surface area contributed by atoms with Gasteiger partial charge in [0, 0.05) is 31.6 Å². The highest BCUT2D eigenvalue weighted by Gasteiger charge is 2.42. The number of likely N-dealkylation sites (tertiary alicyclic amines) is 1. The highest BCUT2D eigenvalue weighted by atomic mass is 35.5. The van der Waals surface area contributed by atoms with Crippen LogP contribution in [0.3, 0.4) is 0 Å². The second kappa shape index (κ2) is 8.35. The van der Waals surface area contributed by atoms with Crippen molar-refractivity contribution in [2.45, 2.75) is 23.8 Å². The van der Waals surface area contributed by atoms with Gasteiger partial charge in [-0.15, -0.1) is 11.8 Å². The summed E-state index contributed by atoms with van der Waals surface area (Å²) in [6.07, 6.45) is 1.61. The number of amides is 2. The van der Waals surface area contributed by atoms with E-state index in [9.17, 15) is 14.7 Å². The van der Waals surface area contributed by atoms with E-state index in [1.165, 1.54) is 11.8 Å². The molecule has 2 fully saturated rings. The van der Waals surface area contributed by atoms with E-state index in [2.05, 4.69) is 11.6 Å². The lowest BCUT2D eigenvalue weighted by Crippen LogP contribution is -2.56. The number of amidine groups is 1. The molecule has 0 saturated carbocycles. The number of likely N-dealkylation sites (N-methyl/N-ethyl adjacent to an activating group) is 1. The lowest BCUT2D eigenvalue weighted by Gasteiger charge is -2.41. The van der Waals surface area contributed by atoms with Crippen LogP contribution in [0.4, 0.5) is 0 Å². The molecule has 3 aliphatic heterocycles. The number of aliphatic hydroxyl groups is 1. The topological polar surface area (TPSA) is 76.5 Å². The number of fused-ring (bicyclic) bond motifs is 1. The number of piperazine rings is 1. The standard InChI is InChI=1S/C21H23ClN4O3S/c1-13-19(28)18-21(29)24(2)10-11-26(18)20(23-13)15-7-5-9-25(15)17(27)12-30-16-8-4-3-6-14(16)22/h3-4,6,8,15,28H,1,5,7,9-12H2,2H3. The van der Waals surface area contributed by atoms with Crippen LogP contribution < -0.4 is 0 Å². The highest BCUT2D eigenvalue weighted by Crippen LogP contribution is 2.32. The summed E-state index contributed by atoms with van der Waals surface area (Å²) in [5.41, 5.74) is 0.355. The Morgan fingerprint density at radius 2 is 2.10 bits per heavy atom. The third-order valence-corrected chi connectivity index (χ3v) is 7.06. The van der Waals surface area contributed by atoms with Gasteiger partial charge in [0.25, 0.3) is 5.91 Å². The third kappa shape index (κ3) is 3.70. The molecule has 30 heavy (non-hydrogen) atoms. The Kier molecular flexibility index (Phi) is 5.79. The molecule has 1 atom stereocenters. The number of aliphatic hydroxyl groups excluding tert-OH is 1. The minimum atomic E-state index is -0.266. The highest BCUT2D eigenvalue weighted by molar-refractivity contribution is 8.00. The van der Waals surface area contributed by atoms with Crippen molar-refractivity contribution < 1.29 is 14.7 Å². The van der Waals surface area contributed by atoms with Gasteiger partial charge in [0.05, 0.1) is 16.8 Å². The van der Waals surface area contributed by atoms with E-state index in [1.54, 1.807) is 22.9 Å². The van der Waals surface area contributed by atoms with Gasteiger partial charge in [0.1, 0.15) is 11.5 Å². The Balaban J connectivity index is 1.54. The summed E-state index contributed by atoms with van der Waals surface area (Å²) >= 11 is 7.61. The molecule has 0 aromatic heterocycles. The lowest BCUT2D eigenvalue weighted by molar-refractivity contribution is -0.129. The lowest BCUT2D eigenvalue weighted by atomic mass is 10.1. The minimum absolute atomic E-state index is 0.00323.